The van der Waals surface area contributed by atoms with Crippen LogP contribution in [0.25, 0.3) is 11.6 Å². The Labute approximate surface area is 257 Å². The Morgan fingerprint density at radius 3 is 1.44 bits per heavy atom. The zero-order valence-electron chi connectivity index (χ0n) is 28.1. The Bertz CT molecular complexity index is 870. The van der Waals surface area contributed by atoms with Crippen molar-refractivity contribution in [2.75, 3.05) is 0 Å². The first kappa shape index (κ1) is 34.2. The van der Waals surface area contributed by atoms with Crippen LogP contribution in [0.2, 0.25) is 0 Å². The maximum atomic E-state index is 2.87. The fourth-order valence-electron chi connectivity index (χ4n) is 8.28. The van der Waals surface area contributed by atoms with Gasteiger partial charge in [0.2, 0.25) is 0 Å². The molecule has 0 unspecified atom stereocenters. The lowest BCUT2D eigenvalue weighted by atomic mass is 9.55. The Kier molecular flexibility index (Phi) is 15.9. The van der Waals surface area contributed by atoms with Crippen molar-refractivity contribution in [2.24, 2.45) is 10.8 Å². The standard InChI is InChI=1S/C41H68/c1-5-9-13-17-23-29-40(30-24-18-14-10-6-2)34-38-37-28-22-21-27-36(37)33-39(38)41(35-40,31-25-19-15-11-7-3)32-26-20-16-12-8-4/h21-22,27-28,33-34H,5-20,23-26,29-32,35H2,1-4H3. The summed E-state index contributed by atoms with van der Waals surface area (Å²) >= 11 is 0. The van der Waals surface area contributed by atoms with E-state index in [1.165, 1.54) is 166 Å². The quantitative estimate of drug-likeness (QED) is 0.110. The van der Waals surface area contributed by atoms with Gasteiger partial charge in [0.25, 0.3) is 0 Å². The predicted octanol–water partition coefficient (Wildman–Crippen LogP) is 14.3. The average Bonchev–Trinajstić information content (AvgIpc) is 3.36. The number of hydrogen-bond acceptors (Lipinski definition) is 0. The maximum Gasteiger partial charge on any atom is -0.00325 e. The van der Waals surface area contributed by atoms with Crippen molar-refractivity contribution in [3.05, 3.63) is 47.0 Å². The first-order valence-electron chi connectivity index (χ1n) is 18.7. The second-order valence-corrected chi connectivity index (χ2v) is 14.2. The maximum absolute atomic E-state index is 2.87. The Hall–Kier alpha value is -1.30. The predicted molar refractivity (Wildman–Crippen MR) is 185 cm³/mol. The van der Waals surface area contributed by atoms with Gasteiger partial charge in [0, 0.05) is 0 Å². The summed E-state index contributed by atoms with van der Waals surface area (Å²) in [4.78, 5) is 0. The number of allylic oxidation sites excluding steroid dienone is 3. The third kappa shape index (κ3) is 10.4. The van der Waals surface area contributed by atoms with Gasteiger partial charge < -0.3 is 0 Å². The molecule has 0 heteroatoms. The third-order valence-corrected chi connectivity index (χ3v) is 10.6. The molecule has 1 aromatic carbocycles. The highest BCUT2D eigenvalue weighted by atomic mass is 14.5. The van der Waals surface area contributed by atoms with Gasteiger partial charge in [-0.25, -0.2) is 0 Å². The largest absolute Gasteiger partial charge is 0.0701 e. The van der Waals surface area contributed by atoms with E-state index in [-0.39, 0.29) is 0 Å². The Morgan fingerprint density at radius 2 is 0.951 bits per heavy atom. The molecule has 0 saturated heterocycles. The van der Waals surface area contributed by atoms with E-state index in [1.54, 1.807) is 16.7 Å². The molecule has 41 heavy (non-hydrogen) atoms. The van der Waals surface area contributed by atoms with Crippen LogP contribution >= 0.6 is 0 Å². The van der Waals surface area contributed by atoms with Crippen LogP contribution in [0.5, 0.6) is 0 Å². The second-order valence-electron chi connectivity index (χ2n) is 14.2. The van der Waals surface area contributed by atoms with Crippen molar-refractivity contribution in [2.45, 2.75) is 188 Å². The topological polar surface area (TPSA) is 0 Å². The number of benzene rings is 1. The van der Waals surface area contributed by atoms with E-state index >= 15 is 0 Å². The second kappa shape index (κ2) is 19.1. The first-order chi connectivity index (χ1) is 20.1. The number of unbranched alkanes of at least 4 members (excludes halogenated alkanes) is 16. The van der Waals surface area contributed by atoms with Crippen LogP contribution in [-0.2, 0) is 0 Å². The van der Waals surface area contributed by atoms with Gasteiger partial charge >= 0.3 is 0 Å². The summed E-state index contributed by atoms with van der Waals surface area (Å²) in [5.74, 6) is 0. The molecule has 0 radical (unpaired) electrons. The van der Waals surface area contributed by atoms with Crippen LogP contribution in [0.3, 0.4) is 0 Å². The molecule has 0 nitrogen and oxygen atoms in total. The van der Waals surface area contributed by atoms with Crippen molar-refractivity contribution < 1.29 is 0 Å². The van der Waals surface area contributed by atoms with Gasteiger partial charge in [-0.15, -0.1) is 0 Å². The van der Waals surface area contributed by atoms with Crippen molar-refractivity contribution in [3.8, 4) is 0 Å². The van der Waals surface area contributed by atoms with Crippen LogP contribution in [0, 0.1) is 10.8 Å². The molecule has 232 valence electrons. The number of fused-ring (bicyclic) bond motifs is 3. The lowest BCUT2D eigenvalue weighted by Gasteiger charge is -2.49. The number of rotatable bonds is 24. The molecule has 0 amide bonds. The van der Waals surface area contributed by atoms with Crippen LogP contribution < -0.4 is 0 Å². The van der Waals surface area contributed by atoms with Gasteiger partial charge in [0.15, 0.2) is 0 Å². The van der Waals surface area contributed by atoms with Crippen LogP contribution in [-0.4, -0.2) is 0 Å². The summed E-state index contributed by atoms with van der Waals surface area (Å²) < 4.78 is 0. The monoisotopic (exact) mass is 561 g/mol. The van der Waals surface area contributed by atoms with Crippen LogP contribution in [0.1, 0.15) is 199 Å². The fraction of sp³-hybridized carbons (Fsp3) is 0.756. The Balaban J connectivity index is 1.95. The third-order valence-electron chi connectivity index (χ3n) is 10.6. The highest BCUT2D eigenvalue weighted by molar-refractivity contribution is 5.96. The van der Waals surface area contributed by atoms with E-state index in [4.69, 9.17) is 0 Å². The molecular formula is C41H68. The molecule has 0 N–H and O–H groups in total. The van der Waals surface area contributed by atoms with Crippen molar-refractivity contribution in [1.82, 2.24) is 0 Å². The fourth-order valence-corrected chi connectivity index (χ4v) is 8.28. The van der Waals surface area contributed by atoms with Crippen LogP contribution in [0.4, 0.5) is 0 Å². The lowest BCUT2D eigenvalue weighted by Crippen LogP contribution is -2.37. The smallest absolute Gasteiger partial charge is 0.00325 e. The van der Waals surface area contributed by atoms with E-state index in [0.29, 0.717) is 10.8 Å². The molecule has 0 saturated carbocycles. The minimum atomic E-state index is 0.369. The van der Waals surface area contributed by atoms with E-state index in [1.807, 2.05) is 0 Å². The van der Waals surface area contributed by atoms with Crippen LogP contribution in [0.15, 0.2) is 35.9 Å². The molecule has 0 aromatic heterocycles. The van der Waals surface area contributed by atoms with E-state index in [0.717, 1.165) is 0 Å². The highest BCUT2D eigenvalue weighted by Gasteiger charge is 2.47. The molecule has 0 atom stereocenters. The molecule has 0 bridgehead atoms. The summed E-state index contributed by atoms with van der Waals surface area (Å²) in [5, 5.41) is 0. The number of hydrogen-bond donors (Lipinski definition) is 0. The lowest BCUT2D eigenvalue weighted by molar-refractivity contribution is 0.142. The minimum absolute atomic E-state index is 0.369. The molecular weight excluding hydrogens is 492 g/mol. The van der Waals surface area contributed by atoms with Gasteiger partial charge in [0.05, 0.1) is 0 Å². The molecule has 1 aromatic rings. The first-order valence-corrected chi connectivity index (χ1v) is 18.7. The summed E-state index contributed by atoms with van der Waals surface area (Å²) in [6, 6.07) is 9.39. The van der Waals surface area contributed by atoms with Gasteiger partial charge in [-0.2, -0.15) is 0 Å². The molecule has 0 heterocycles. The molecule has 2 aliphatic carbocycles. The molecule has 0 aliphatic heterocycles. The highest BCUT2D eigenvalue weighted by Crippen LogP contribution is 2.62. The van der Waals surface area contributed by atoms with E-state index in [9.17, 15) is 0 Å². The van der Waals surface area contributed by atoms with E-state index < -0.39 is 0 Å². The van der Waals surface area contributed by atoms with Crippen molar-refractivity contribution in [1.29, 1.82) is 0 Å². The normalized spacial score (nSPS) is 16.8. The summed E-state index contributed by atoms with van der Waals surface area (Å²) in [7, 11) is 0. The van der Waals surface area contributed by atoms with Gasteiger partial charge in [-0.1, -0.05) is 186 Å². The average molecular weight is 561 g/mol. The van der Waals surface area contributed by atoms with E-state index in [2.05, 4.69) is 64.1 Å². The molecule has 0 spiro atoms. The molecule has 3 rings (SSSR count). The summed E-state index contributed by atoms with van der Waals surface area (Å²) in [6.07, 6.45) is 40.7. The van der Waals surface area contributed by atoms with Gasteiger partial charge in [-0.05, 0) is 71.3 Å². The van der Waals surface area contributed by atoms with Crippen molar-refractivity contribution in [3.63, 3.8) is 0 Å². The van der Waals surface area contributed by atoms with Gasteiger partial charge in [0.1, 0.15) is 0 Å². The SMILES string of the molecule is CCCCCCCC1(CCCCCCC)C=C2C(=Cc3ccccc32)C(CCCCCCC)(CCCCCCC)C1. The molecule has 2 aliphatic rings. The summed E-state index contributed by atoms with van der Waals surface area (Å²) in [6.45, 7) is 9.41. The summed E-state index contributed by atoms with van der Waals surface area (Å²) in [5.41, 5.74) is 7.21. The minimum Gasteiger partial charge on any atom is -0.0701 e. The van der Waals surface area contributed by atoms with Gasteiger partial charge in [-0.3, -0.25) is 0 Å². The zero-order valence-corrected chi connectivity index (χ0v) is 28.1. The zero-order chi connectivity index (χ0) is 29.2. The van der Waals surface area contributed by atoms with Crippen molar-refractivity contribution >= 4 is 11.6 Å². The Morgan fingerprint density at radius 1 is 0.512 bits per heavy atom. The molecule has 0 fully saturated rings.